The van der Waals surface area contributed by atoms with Crippen LogP contribution in [0.3, 0.4) is 0 Å². The second kappa shape index (κ2) is 4.76. The SMILES string of the molecule is C[Si](C)(C)Nc1ccccc1-c1ccccc1. The maximum atomic E-state index is 3.69. The molecule has 0 spiro atoms. The third-order valence-electron chi connectivity index (χ3n) is 2.52. The van der Waals surface area contributed by atoms with E-state index in [-0.39, 0.29) is 0 Å². The first-order chi connectivity index (χ1) is 8.06. The molecule has 1 N–H and O–H groups in total. The smallest absolute Gasteiger partial charge is 0.144 e. The fraction of sp³-hybridized carbons (Fsp3) is 0.200. The highest BCUT2D eigenvalue weighted by Crippen LogP contribution is 2.28. The second-order valence-corrected chi connectivity index (χ2v) is 10.0. The van der Waals surface area contributed by atoms with Crippen molar-refractivity contribution in [3.05, 3.63) is 54.6 Å². The zero-order chi connectivity index (χ0) is 12.3. The summed E-state index contributed by atoms with van der Waals surface area (Å²) in [6.45, 7) is 6.94. The van der Waals surface area contributed by atoms with E-state index in [0.29, 0.717) is 0 Å². The summed E-state index contributed by atoms with van der Waals surface area (Å²) < 4.78 is 0. The van der Waals surface area contributed by atoms with E-state index in [0.717, 1.165) is 0 Å². The number of para-hydroxylation sites is 1. The van der Waals surface area contributed by atoms with Gasteiger partial charge in [-0.15, -0.1) is 0 Å². The zero-order valence-corrected chi connectivity index (χ0v) is 11.7. The molecule has 0 amide bonds. The molecule has 0 aliphatic rings. The molecule has 0 aliphatic heterocycles. The summed E-state index contributed by atoms with van der Waals surface area (Å²) in [5, 5.41) is 0. The molecule has 1 nitrogen and oxygen atoms in total. The topological polar surface area (TPSA) is 12.0 Å². The van der Waals surface area contributed by atoms with Gasteiger partial charge in [-0.3, -0.25) is 0 Å². The zero-order valence-electron chi connectivity index (χ0n) is 10.7. The fourth-order valence-electron chi connectivity index (χ4n) is 1.87. The predicted octanol–water partition coefficient (Wildman–Crippen LogP) is 4.60. The summed E-state index contributed by atoms with van der Waals surface area (Å²) in [5.74, 6) is 0. The minimum absolute atomic E-state index is 1.25. The van der Waals surface area contributed by atoms with E-state index in [9.17, 15) is 0 Å². The highest BCUT2D eigenvalue weighted by molar-refractivity contribution is 6.79. The largest absolute Gasteiger partial charge is 0.410 e. The number of nitrogens with one attached hydrogen (secondary N) is 1. The first-order valence-electron chi connectivity index (χ1n) is 5.99. The maximum Gasteiger partial charge on any atom is 0.144 e. The van der Waals surface area contributed by atoms with Crippen molar-refractivity contribution < 1.29 is 0 Å². The Morgan fingerprint density at radius 1 is 0.765 bits per heavy atom. The van der Waals surface area contributed by atoms with E-state index in [1.807, 2.05) is 0 Å². The van der Waals surface area contributed by atoms with Gasteiger partial charge in [0, 0.05) is 11.3 Å². The van der Waals surface area contributed by atoms with Gasteiger partial charge in [0.25, 0.3) is 0 Å². The molecule has 0 bridgehead atoms. The quantitative estimate of drug-likeness (QED) is 0.774. The van der Waals surface area contributed by atoms with Crippen molar-refractivity contribution in [1.82, 2.24) is 0 Å². The van der Waals surface area contributed by atoms with Crippen LogP contribution in [0.25, 0.3) is 11.1 Å². The van der Waals surface area contributed by atoms with E-state index in [4.69, 9.17) is 0 Å². The molecule has 2 aromatic carbocycles. The van der Waals surface area contributed by atoms with Gasteiger partial charge in [-0.2, -0.15) is 0 Å². The number of hydrogen-bond donors (Lipinski definition) is 1. The molecule has 0 atom stereocenters. The third kappa shape index (κ3) is 3.20. The van der Waals surface area contributed by atoms with Crippen molar-refractivity contribution in [2.24, 2.45) is 0 Å². The molecule has 0 heterocycles. The van der Waals surface area contributed by atoms with Crippen LogP contribution in [0.15, 0.2) is 54.6 Å². The maximum absolute atomic E-state index is 3.69. The lowest BCUT2D eigenvalue weighted by atomic mass is 10.0. The first-order valence-corrected chi connectivity index (χ1v) is 9.49. The normalized spacial score (nSPS) is 11.2. The molecule has 0 radical (unpaired) electrons. The summed E-state index contributed by atoms with van der Waals surface area (Å²) in [5.41, 5.74) is 3.81. The van der Waals surface area contributed by atoms with E-state index < -0.39 is 8.24 Å². The number of hydrogen-bond acceptors (Lipinski definition) is 1. The Balaban J connectivity index is 2.41. The van der Waals surface area contributed by atoms with Gasteiger partial charge in [0.05, 0.1) is 0 Å². The Bertz CT molecular complexity index is 486. The summed E-state index contributed by atoms with van der Waals surface area (Å²) in [4.78, 5) is 3.69. The molecule has 2 heteroatoms. The van der Waals surface area contributed by atoms with Gasteiger partial charge < -0.3 is 4.98 Å². The van der Waals surface area contributed by atoms with Crippen LogP contribution in [0.2, 0.25) is 19.6 Å². The minimum atomic E-state index is -1.31. The van der Waals surface area contributed by atoms with Gasteiger partial charge in [0.1, 0.15) is 8.24 Å². The van der Waals surface area contributed by atoms with Crippen LogP contribution in [0, 0.1) is 0 Å². The van der Waals surface area contributed by atoms with Crippen LogP contribution in [0.5, 0.6) is 0 Å². The lowest BCUT2D eigenvalue weighted by Crippen LogP contribution is -2.32. The number of anilines is 1. The first kappa shape index (κ1) is 11.9. The summed E-state index contributed by atoms with van der Waals surface area (Å²) >= 11 is 0. The molecule has 2 aromatic rings. The summed E-state index contributed by atoms with van der Waals surface area (Å²) in [6.07, 6.45) is 0. The monoisotopic (exact) mass is 241 g/mol. The van der Waals surface area contributed by atoms with Gasteiger partial charge >= 0.3 is 0 Å². The van der Waals surface area contributed by atoms with Crippen LogP contribution in [-0.2, 0) is 0 Å². The van der Waals surface area contributed by atoms with Crippen LogP contribution >= 0.6 is 0 Å². The molecule has 0 saturated heterocycles. The molecule has 0 aliphatic carbocycles. The molecular weight excluding hydrogens is 222 g/mol. The third-order valence-corrected chi connectivity index (χ3v) is 3.54. The van der Waals surface area contributed by atoms with Crippen molar-refractivity contribution >= 4 is 13.9 Å². The minimum Gasteiger partial charge on any atom is -0.410 e. The number of benzene rings is 2. The molecule has 0 unspecified atom stereocenters. The van der Waals surface area contributed by atoms with Gasteiger partial charge in [0.2, 0.25) is 0 Å². The highest BCUT2D eigenvalue weighted by Gasteiger charge is 2.15. The van der Waals surface area contributed by atoms with Crippen molar-refractivity contribution in [2.75, 3.05) is 4.98 Å². The van der Waals surface area contributed by atoms with Crippen LogP contribution in [-0.4, -0.2) is 8.24 Å². The fourth-order valence-corrected chi connectivity index (χ4v) is 2.89. The van der Waals surface area contributed by atoms with Crippen molar-refractivity contribution in [3.63, 3.8) is 0 Å². The Morgan fingerprint density at radius 2 is 1.35 bits per heavy atom. The molecule has 88 valence electrons. The summed E-state index contributed by atoms with van der Waals surface area (Å²) in [6, 6.07) is 19.1. The van der Waals surface area contributed by atoms with Crippen molar-refractivity contribution in [2.45, 2.75) is 19.6 Å². The molecule has 17 heavy (non-hydrogen) atoms. The van der Waals surface area contributed by atoms with Gasteiger partial charge in [-0.25, -0.2) is 0 Å². The van der Waals surface area contributed by atoms with E-state index in [1.54, 1.807) is 0 Å². The van der Waals surface area contributed by atoms with Crippen molar-refractivity contribution in [1.29, 1.82) is 0 Å². The Kier molecular flexibility index (Phi) is 3.34. The molecular formula is C15H19NSi. The average molecular weight is 241 g/mol. The van der Waals surface area contributed by atoms with E-state index >= 15 is 0 Å². The molecule has 0 saturated carbocycles. The predicted molar refractivity (Wildman–Crippen MR) is 78.8 cm³/mol. The standard InChI is InChI=1S/C15H19NSi/c1-17(2,3)16-15-12-8-7-11-14(15)13-9-5-4-6-10-13/h4-12,16H,1-3H3. The summed E-state index contributed by atoms with van der Waals surface area (Å²) in [7, 11) is -1.31. The molecule has 2 rings (SSSR count). The lowest BCUT2D eigenvalue weighted by Gasteiger charge is -2.22. The van der Waals surface area contributed by atoms with Crippen LogP contribution in [0.1, 0.15) is 0 Å². The van der Waals surface area contributed by atoms with Crippen molar-refractivity contribution in [3.8, 4) is 11.1 Å². The van der Waals surface area contributed by atoms with Crippen LogP contribution in [0.4, 0.5) is 5.69 Å². The van der Waals surface area contributed by atoms with Gasteiger partial charge in [-0.1, -0.05) is 68.2 Å². The molecule has 0 aromatic heterocycles. The second-order valence-electron chi connectivity index (χ2n) is 5.29. The van der Waals surface area contributed by atoms with Crippen LogP contribution < -0.4 is 4.98 Å². The average Bonchev–Trinajstić information content (AvgIpc) is 2.29. The molecule has 0 fully saturated rings. The highest BCUT2D eigenvalue weighted by atomic mass is 28.3. The van der Waals surface area contributed by atoms with E-state index in [2.05, 4.69) is 79.2 Å². The van der Waals surface area contributed by atoms with Gasteiger partial charge in [0.15, 0.2) is 0 Å². The lowest BCUT2D eigenvalue weighted by molar-refractivity contribution is 1.55. The van der Waals surface area contributed by atoms with E-state index in [1.165, 1.54) is 16.8 Å². The Morgan fingerprint density at radius 3 is 2.00 bits per heavy atom. The Hall–Kier alpha value is -1.54. The van der Waals surface area contributed by atoms with Gasteiger partial charge in [-0.05, 0) is 11.6 Å². The number of rotatable bonds is 3. The Labute approximate surface area is 105 Å².